The summed E-state index contributed by atoms with van der Waals surface area (Å²) in [5.41, 5.74) is 0.247. The van der Waals surface area contributed by atoms with E-state index in [1.165, 1.54) is 10.4 Å². The van der Waals surface area contributed by atoms with E-state index in [-0.39, 0.29) is 16.4 Å². The summed E-state index contributed by atoms with van der Waals surface area (Å²) < 4.78 is 27.3. The zero-order valence-electron chi connectivity index (χ0n) is 13.8. The van der Waals surface area contributed by atoms with E-state index in [9.17, 15) is 13.2 Å². The molecule has 0 atom stereocenters. The second kappa shape index (κ2) is 7.90. The maximum atomic E-state index is 12.9. The number of nitrogens with zero attached hydrogens (tertiary/aromatic N) is 2. The molecule has 1 saturated heterocycles. The van der Waals surface area contributed by atoms with Crippen molar-refractivity contribution in [1.82, 2.24) is 14.5 Å². The molecule has 1 aliphatic rings. The van der Waals surface area contributed by atoms with Crippen LogP contribution >= 0.6 is 0 Å². The van der Waals surface area contributed by atoms with Gasteiger partial charge in [-0.3, -0.25) is 4.79 Å². The number of rotatable bonds is 6. The number of carbonyl (C=O) groups is 1. The van der Waals surface area contributed by atoms with Crippen molar-refractivity contribution >= 4 is 15.9 Å². The number of benzene rings is 1. The molecule has 1 aromatic carbocycles. The number of sulfonamides is 1. The van der Waals surface area contributed by atoms with Crippen LogP contribution in [-0.4, -0.2) is 63.8 Å². The highest BCUT2D eigenvalue weighted by Crippen LogP contribution is 2.24. The Bertz CT molecular complexity index is 640. The lowest BCUT2D eigenvalue weighted by Gasteiger charge is -2.27. The summed E-state index contributed by atoms with van der Waals surface area (Å²) in [4.78, 5) is 14.3. The molecule has 23 heavy (non-hydrogen) atoms. The van der Waals surface area contributed by atoms with Crippen molar-refractivity contribution in [3.8, 4) is 0 Å². The number of nitrogens with one attached hydrogen (secondary N) is 1. The number of carbonyl (C=O) groups excluding carboxylic acids is 1. The van der Waals surface area contributed by atoms with Crippen LogP contribution < -0.4 is 5.32 Å². The summed E-state index contributed by atoms with van der Waals surface area (Å²) in [5, 5.41) is 2.98. The molecule has 1 heterocycles. The van der Waals surface area contributed by atoms with Crippen molar-refractivity contribution in [2.24, 2.45) is 0 Å². The smallest absolute Gasteiger partial charge is 0.255 e. The van der Waals surface area contributed by atoms with E-state index in [1.54, 1.807) is 30.1 Å². The lowest BCUT2D eigenvalue weighted by Crippen LogP contribution is -2.38. The third-order valence-corrected chi connectivity index (χ3v) is 6.05. The summed E-state index contributed by atoms with van der Waals surface area (Å²) >= 11 is 0. The van der Waals surface area contributed by atoms with Crippen LogP contribution in [0.4, 0.5) is 0 Å². The molecule has 0 bridgehead atoms. The fourth-order valence-electron chi connectivity index (χ4n) is 2.70. The summed E-state index contributed by atoms with van der Waals surface area (Å²) in [6.07, 6.45) is 2.80. The first kappa shape index (κ1) is 17.9. The van der Waals surface area contributed by atoms with Gasteiger partial charge in [-0.25, -0.2) is 8.42 Å². The highest BCUT2D eigenvalue weighted by molar-refractivity contribution is 7.89. The molecule has 1 aliphatic heterocycles. The minimum absolute atomic E-state index is 0.114. The Morgan fingerprint density at radius 3 is 2.52 bits per heavy atom. The molecule has 0 radical (unpaired) electrons. The van der Waals surface area contributed by atoms with Gasteiger partial charge in [-0.05, 0) is 32.0 Å². The number of hydrogen-bond acceptors (Lipinski definition) is 4. The van der Waals surface area contributed by atoms with Gasteiger partial charge in [0.25, 0.3) is 5.91 Å². The molecule has 0 spiro atoms. The number of likely N-dealkylation sites (N-methyl/N-ethyl adjacent to an activating group) is 2. The van der Waals surface area contributed by atoms with Crippen LogP contribution in [-0.2, 0) is 10.0 Å². The monoisotopic (exact) mass is 339 g/mol. The molecular formula is C16H25N3O3S. The zero-order chi connectivity index (χ0) is 16.9. The van der Waals surface area contributed by atoms with E-state index < -0.39 is 10.0 Å². The number of amides is 1. The minimum Gasteiger partial charge on any atom is -0.340 e. The van der Waals surface area contributed by atoms with Crippen LogP contribution in [0.25, 0.3) is 0 Å². The van der Waals surface area contributed by atoms with Gasteiger partial charge >= 0.3 is 0 Å². The van der Waals surface area contributed by atoms with Crippen molar-refractivity contribution in [3.63, 3.8) is 0 Å². The van der Waals surface area contributed by atoms with Crippen molar-refractivity contribution in [3.05, 3.63) is 29.8 Å². The first-order valence-electron chi connectivity index (χ1n) is 7.97. The molecule has 0 aromatic heterocycles. The fourth-order valence-corrected chi connectivity index (χ4v) is 4.40. The quantitative estimate of drug-likeness (QED) is 0.844. The van der Waals surface area contributed by atoms with Crippen molar-refractivity contribution in [1.29, 1.82) is 0 Å². The van der Waals surface area contributed by atoms with Gasteiger partial charge in [0.15, 0.2) is 0 Å². The molecule has 0 aliphatic carbocycles. The Labute approximate surface area is 138 Å². The molecule has 1 N–H and O–H groups in total. The van der Waals surface area contributed by atoms with Crippen LogP contribution in [0, 0.1) is 0 Å². The highest BCUT2D eigenvalue weighted by Gasteiger charge is 2.30. The van der Waals surface area contributed by atoms with E-state index >= 15 is 0 Å². The normalized spacial score (nSPS) is 16.3. The standard InChI is InChI=1S/C16H25N3O3S/c1-17-10-13-18(2)16(20)14-8-4-5-9-15(14)23(21,22)19-11-6-3-7-12-19/h4-5,8-9,17H,3,6-7,10-13H2,1-2H3. The molecule has 2 rings (SSSR count). The van der Waals surface area contributed by atoms with Crippen LogP contribution in [0.5, 0.6) is 0 Å². The average Bonchev–Trinajstić information content (AvgIpc) is 2.59. The first-order chi connectivity index (χ1) is 11.0. The predicted octanol–water partition coefficient (Wildman–Crippen LogP) is 1.15. The topological polar surface area (TPSA) is 69.7 Å². The number of hydrogen-bond donors (Lipinski definition) is 1. The van der Waals surface area contributed by atoms with Gasteiger partial charge in [0.2, 0.25) is 10.0 Å². The van der Waals surface area contributed by atoms with E-state index in [4.69, 9.17) is 0 Å². The van der Waals surface area contributed by atoms with Gasteiger partial charge in [-0.1, -0.05) is 18.6 Å². The van der Waals surface area contributed by atoms with Gasteiger partial charge in [-0.15, -0.1) is 0 Å². The van der Waals surface area contributed by atoms with Crippen LogP contribution in [0.15, 0.2) is 29.2 Å². The molecule has 128 valence electrons. The molecule has 1 amide bonds. The summed E-state index contributed by atoms with van der Waals surface area (Å²) in [6, 6.07) is 6.49. The lowest BCUT2D eigenvalue weighted by atomic mass is 10.2. The predicted molar refractivity (Wildman–Crippen MR) is 89.9 cm³/mol. The Kier molecular flexibility index (Phi) is 6.15. The van der Waals surface area contributed by atoms with E-state index in [2.05, 4.69) is 5.32 Å². The van der Waals surface area contributed by atoms with Crippen LogP contribution in [0.2, 0.25) is 0 Å². The third-order valence-electron chi connectivity index (χ3n) is 4.09. The van der Waals surface area contributed by atoms with E-state index in [1.807, 2.05) is 7.05 Å². The van der Waals surface area contributed by atoms with Crippen molar-refractivity contribution in [2.75, 3.05) is 40.3 Å². The zero-order valence-corrected chi connectivity index (χ0v) is 14.6. The molecule has 0 unspecified atom stereocenters. The van der Waals surface area contributed by atoms with Crippen molar-refractivity contribution in [2.45, 2.75) is 24.2 Å². The van der Waals surface area contributed by atoms with Gasteiger partial charge in [0.1, 0.15) is 0 Å². The van der Waals surface area contributed by atoms with Gasteiger partial charge in [-0.2, -0.15) is 4.31 Å². The van der Waals surface area contributed by atoms with E-state index in [0.29, 0.717) is 26.2 Å². The summed E-state index contributed by atoms with van der Waals surface area (Å²) in [6.45, 7) is 2.23. The lowest BCUT2D eigenvalue weighted by molar-refractivity contribution is 0.0793. The maximum absolute atomic E-state index is 12.9. The average molecular weight is 339 g/mol. The molecule has 0 saturated carbocycles. The molecular weight excluding hydrogens is 314 g/mol. The fraction of sp³-hybridized carbons (Fsp3) is 0.562. The Hall–Kier alpha value is -1.44. The van der Waals surface area contributed by atoms with Crippen molar-refractivity contribution < 1.29 is 13.2 Å². The SMILES string of the molecule is CNCCN(C)C(=O)c1ccccc1S(=O)(=O)N1CCCCC1. The molecule has 1 fully saturated rings. The maximum Gasteiger partial charge on any atom is 0.255 e. The van der Waals surface area contributed by atoms with Crippen LogP contribution in [0.3, 0.4) is 0 Å². The van der Waals surface area contributed by atoms with Gasteiger partial charge in [0.05, 0.1) is 10.5 Å². The first-order valence-corrected chi connectivity index (χ1v) is 9.41. The largest absolute Gasteiger partial charge is 0.340 e. The summed E-state index contributed by atoms with van der Waals surface area (Å²) in [7, 11) is -0.124. The third kappa shape index (κ3) is 4.10. The van der Waals surface area contributed by atoms with Gasteiger partial charge < -0.3 is 10.2 Å². The number of piperidine rings is 1. The van der Waals surface area contributed by atoms with E-state index in [0.717, 1.165) is 19.3 Å². The molecule has 1 aromatic rings. The molecule has 6 nitrogen and oxygen atoms in total. The Morgan fingerprint density at radius 1 is 1.22 bits per heavy atom. The highest BCUT2D eigenvalue weighted by atomic mass is 32.2. The Balaban J connectivity index is 2.31. The van der Waals surface area contributed by atoms with Crippen LogP contribution in [0.1, 0.15) is 29.6 Å². The summed E-state index contributed by atoms with van der Waals surface area (Å²) in [5.74, 6) is -0.267. The van der Waals surface area contributed by atoms with Gasteiger partial charge in [0, 0.05) is 33.2 Å². The second-order valence-electron chi connectivity index (χ2n) is 5.79. The molecule has 7 heteroatoms. The Morgan fingerprint density at radius 2 is 1.87 bits per heavy atom. The second-order valence-corrected chi connectivity index (χ2v) is 7.70. The minimum atomic E-state index is -3.62.